The van der Waals surface area contributed by atoms with E-state index in [4.69, 9.17) is 4.42 Å². The van der Waals surface area contributed by atoms with E-state index in [1.165, 1.54) is 11.8 Å². The minimum atomic E-state index is -0.427. The van der Waals surface area contributed by atoms with Crippen molar-refractivity contribution in [1.82, 2.24) is 0 Å². The highest BCUT2D eigenvalue weighted by Crippen LogP contribution is 2.53. The van der Waals surface area contributed by atoms with Crippen LogP contribution in [0.4, 0.5) is 0 Å². The van der Waals surface area contributed by atoms with Crippen LogP contribution in [-0.4, -0.2) is 5.11 Å². The van der Waals surface area contributed by atoms with Crippen LogP contribution in [0.1, 0.15) is 77.0 Å². The fourth-order valence-corrected chi connectivity index (χ4v) is 4.56. The van der Waals surface area contributed by atoms with Crippen molar-refractivity contribution >= 4 is 11.8 Å². The van der Waals surface area contributed by atoms with Crippen LogP contribution in [0.25, 0.3) is 0 Å². The molecule has 0 aliphatic heterocycles. The summed E-state index contributed by atoms with van der Waals surface area (Å²) in [4.78, 5) is 13.9. The first-order valence-corrected chi connectivity index (χ1v) is 10.8. The molecule has 1 aliphatic carbocycles. The number of hydrogen-bond acceptors (Lipinski definition) is 4. The van der Waals surface area contributed by atoms with Crippen molar-refractivity contribution in [2.75, 3.05) is 0 Å². The zero-order valence-corrected chi connectivity index (χ0v) is 17.6. The highest BCUT2D eigenvalue weighted by atomic mass is 32.2. The van der Waals surface area contributed by atoms with Gasteiger partial charge in [-0.25, -0.2) is 4.79 Å². The van der Waals surface area contributed by atoms with Crippen molar-refractivity contribution in [1.29, 1.82) is 0 Å². The topological polar surface area (TPSA) is 50.4 Å². The highest BCUT2D eigenvalue weighted by Gasteiger charge is 2.47. The largest absolute Gasteiger partial charge is 0.506 e. The molecule has 1 atom stereocenters. The molecule has 146 valence electrons. The van der Waals surface area contributed by atoms with Gasteiger partial charge >= 0.3 is 5.63 Å². The van der Waals surface area contributed by atoms with Crippen LogP contribution in [0, 0.1) is 5.92 Å². The van der Waals surface area contributed by atoms with E-state index in [1.807, 2.05) is 18.2 Å². The third-order valence-electron chi connectivity index (χ3n) is 5.83. The Morgan fingerprint density at radius 3 is 2.52 bits per heavy atom. The van der Waals surface area contributed by atoms with Crippen molar-refractivity contribution in [2.24, 2.45) is 5.92 Å². The van der Waals surface area contributed by atoms with Crippen LogP contribution in [-0.2, 0) is 5.41 Å². The highest BCUT2D eigenvalue weighted by molar-refractivity contribution is 7.99. The molecule has 3 nitrogen and oxygen atoms in total. The molecule has 1 heterocycles. The Balaban J connectivity index is 1.85. The van der Waals surface area contributed by atoms with Gasteiger partial charge in [-0.05, 0) is 49.1 Å². The summed E-state index contributed by atoms with van der Waals surface area (Å²) < 4.78 is 5.72. The Kier molecular flexibility index (Phi) is 6.05. The van der Waals surface area contributed by atoms with E-state index in [1.54, 1.807) is 6.07 Å². The molecule has 0 spiro atoms. The standard InChI is InChI=1S/C23H30O3S/c1-5-16(4)10-11-23(12-13-23)20-14-18(24)21(22(25)26-20)27-19-9-7-6-8-17(19)15(2)3/h6-9,14-16,24H,5,10-13H2,1-4H3. The normalized spacial score (nSPS) is 16.5. The molecule has 1 N–H and O–H groups in total. The average molecular weight is 387 g/mol. The lowest BCUT2D eigenvalue weighted by Crippen LogP contribution is -2.13. The van der Waals surface area contributed by atoms with Crippen LogP contribution < -0.4 is 5.63 Å². The lowest BCUT2D eigenvalue weighted by Gasteiger charge is -2.17. The molecular weight excluding hydrogens is 356 g/mol. The summed E-state index contributed by atoms with van der Waals surface area (Å²) in [5.74, 6) is 1.72. The molecule has 1 unspecified atom stereocenters. The maximum absolute atomic E-state index is 12.7. The fraction of sp³-hybridized carbons (Fsp3) is 0.522. The number of benzene rings is 1. The van der Waals surface area contributed by atoms with E-state index in [0.717, 1.165) is 42.6 Å². The van der Waals surface area contributed by atoms with Crippen molar-refractivity contribution in [3.05, 3.63) is 52.1 Å². The Labute approximate surface area is 166 Å². The average Bonchev–Trinajstić information content (AvgIpc) is 3.44. The van der Waals surface area contributed by atoms with E-state index < -0.39 is 5.63 Å². The lowest BCUT2D eigenvalue weighted by molar-refractivity contribution is 0.350. The number of aromatic hydroxyl groups is 1. The Morgan fingerprint density at radius 2 is 1.93 bits per heavy atom. The first kappa shape index (κ1) is 20.1. The predicted molar refractivity (Wildman–Crippen MR) is 111 cm³/mol. The molecule has 1 aromatic heterocycles. The zero-order valence-electron chi connectivity index (χ0n) is 16.7. The maximum atomic E-state index is 12.7. The summed E-state index contributed by atoms with van der Waals surface area (Å²) in [6, 6.07) is 9.69. The summed E-state index contributed by atoms with van der Waals surface area (Å²) >= 11 is 1.30. The zero-order chi connectivity index (χ0) is 19.6. The van der Waals surface area contributed by atoms with Gasteiger partial charge in [0.2, 0.25) is 0 Å². The molecule has 0 bridgehead atoms. The van der Waals surface area contributed by atoms with Crippen molar-refractivity contribution < 1.29 is 9.52 Å². The molecule has 27 heavy (non-hydrogen) atoms. The predicted octanol–water partition coefficient (Wildman–Crippen LogP) is 6.48. The Hall–Kier alpha value is -1.68. The molecule has 0 saturated heterocycles. The molecule has 1 fully saturated rings. The molecule has 1 aromatic carbocycles. The van der Waals surface area contributed by atoms with Gasteiger partial charge in [0.25, 0.3) is 0 Å². The Bertz CT molecular complexity index is 849. The van der Waals surface area contributed by atoms with Gasteiger partial charge in [0.05, 0.1) is 0 Å². The van der Waals surface area contributed by atoms with E-state index in [0.29, 0.717) is 17.6 Å². The van der Waals surface area contributed by atoms with Crippen LogP contribution in [0.5, 0.6) is 5.75 Å². The van der Waals surface area contributed by atoms with E-state index >= 15 is 0 Å². The third-order valence-corrected chi connectivity index (χ3v) is 7.00. The lowest BCUT2D eigenvalue weighted by atomic mass is 9.91. The van der Waals surface area contributed by atoms with Gasteiger partial charge in [0, 0.05) is 16.4 Å². The fourth-order valence-electron chi connectivity index (χ4n) is 3.48. The SMILES string of the molecule is CCC(C)CCC1(c2cc(O)c(Sc3ccccc3C(C)C)c(=O)o2)CC1. The van der Waals surface area contributed by atoms with Crippen LogP contribution >= 0.6 is 11.8 Å². The second-order valence-electron chi connectivity index (χ2n) is 8.24. The summed E-state index contributed by atoms with van der Waals surface area (Å²) in [5, 5.41) is 10.6. The van der Waals surface area contributed by atoms with Crippen molar-refractivity contribution in [2.45, 2.75) is 80.9 Å². The molecule has 1 saturated carbocycles. The quantitative estimate of drug-likeness (QED) is 0.564. The minimum Gasteiger partial charge on any atom is -0.506 e. The summed E-state index contributed by atoms with van der Waals surface area (Å²) in [6.07, 6.45) is 5.38. The molecule has 0 amide bonds. The first-order valence-electron chi connectivity index (χ1n) is 10.0. The summed E-state index contributed by atoms with van der Waals surface area (Å²) in [7, 11) is 0. The molecule has 1 aliphatic rings. The van der Waals surface area contributed by atoms with Gasteiger partial charge in [0.1, 0.15) is 16.4 Å². The van der Waals surface area contributed by atoms with E-state index in [2.05, 4.69) is 33.8 Å². The molecule has 0 radical (unpaired) electrons. The molecule has 3 rings (SSSR count). The first-order chi connectivity index (χ1) is 12.9. The summed E-state index contributed by atoms with van der Waals surface area (Å²) in [6.45, 7) is 8.71. The number of rotatable bonds is 8. The van der Waals surface area contributed by atoms with Crippen molar-refractivity contribution in [3.63, 3.8) is 0 Å². The van der Waals surface area contributed by atoms with Gasteiger partial charge in [-0.15, -0.1) is 0 Å². The second kappa shape index (κ2) is 8.14. The molecule has 2 aromatic rings. The van der Waals surface area contributed by atoms with E-state index in [-0.39, 0.29) is 16.1 Å². The van der Waals surface area contributed by atoms with E-state index in [9.17, 15) is 9.90 Å². The second-order valence-corrected chi connectivity index (χ2v) is 9.29. The van der Waals surface area contributed by atoms with Gasteiger partial charge in [-0.3, -0.25) is 0 Å². The van der Waals surface area contributed by atoms with Gasteiger partial charge in [-0.2, -0.15) is 0 Å². The van der Waals surface area contributed by atoms with Crippen molar-refractivity contribution in [3.8, 4) is 5.75 Å². The van der Waals surface area contributed by atoms with Crippen LogP contribution in [0.2, 0.25) is 0 Å². The van der Waals surface area contributed by atoms with Gasteiger partial charge in [0.15, 0.2) is 0 Å². The minimum absolute atomic E-state index is 0.0413. The molecular formula is C23H30O3S. The maximum Gasteiger partial charge on any atom is 0.353 e. The number of hydrogen-bond donors (Lipinski definition) is 1. The Morgan fingerprint density at radius 1 is 1.22 bits per heavy atom. The summed E-state index contributed by atoms with van der Waals surface area (Å²) in [5.41, 5.74) is 0.694. The molecule has 4 heteroatoms. The van der Waals surface area contributed by atoms with Gasteiger partial charge < -0.3 is 9.52 Å². The van der Waals surface area contributed by atoms with Crippen LogP contribution in [0.15, 0.2) is 49.3 Å². The van der Waals surface area contributed by atoms with Gasteiger partial charge in [-0.1, -0.05) is 64.1 Å². The monoisotopic (exact) mass is 386 g/mol. The third kappa shape index (κ3) is 4.43. The van der Waals surface area contributed by atoms with Crippen LogP contribution in [0.3, 0.4) is 0 Å². The smallest absolute Gasteiger partial charge is 0.353 e.